The predicted molar refractivity (Wildman–Crippen MR) is 110 cm³/mol. The van der Waals surface area contributed by atoms with Crippen LogP contribution in [0.3, 0.4) is 0 Å². The minimum absolute atomic E-state index is 0.00216. The standard InChI is InChI=1S/C21H24N4O3/c1-4-16-9-5-6-11-18(16)23-19(26)13-15(3)24-25-21(28)20(27)22-17-10-7-8-14(2)12-17/h5-12H,4,13H2,1-3H3,(H,22,27)(H,23,26)(H,25,28). The molecule has 0 heterocycles. The highest BCUT2D eigenvalue weighted by atomic mass is 16.2. The number of nitrogens with zero attached hydrogens (tertiary/aromatic N) is 1. The molecule has 0 aliphatic heterocycles. The molecule has 0 unspecified atom stereocenters. The molecule has 0 saturated heterocycles. The molecule has 28 heavy (non-hydrogen) atoms. The van der Waals surface area contributed by atoms with Crippen molar-refractivity contribution in [2.75, 3.05) is 10.6 Å². The van der Waals surface area contributed by atoms with Crippen LogP contribution < -0.4 is 16.1 Å². The van der Waals surface area contributed by atoms with E-state index < -0.39 is 11.8 Å². The average molecular weight is 380 g/mol. The quantitative estimate of drug-likeness (QED) is 0.408. The number of carbonyl (C=O) groups excluding carboxylic acids is 3. The molecule has 0 atom stereocenters. The van der Waals surface area contributed by atoms with Gasteiger partial charge in [0.15, 0.2) is 0 Å². The van der Waals surface area contributed by atoms with Crippen molar-refractivity contribution in [3.05, 3.63) is 59.7 Å². The molecule has 7 heteroatoms. The van der Waals surface area contributed by atoms with E-state index in [2.05, 4.69) is 21.2 Å². The fourth-order valence-corrected chi connectivity index (χ4v) is 2.52. The first kappa shape index (κ1) is 20.8. The van der Waals surface area contributed by atoms with Gasteiger partial charge < -0.3 is 10.6 Å². The lowest BCUT2D eigenvalue weighted by molar-refractivity contribution is -0.136. The Bertz CT molecular complexity index is 906. The fourth-order valence-electron chi connectivity index (χ4n) is 2.52. The van der Waals surface area contributed by atoms with Crippen molar-refractivity contribution >= 4 is 34.8 Å². The van der Waals surface area contributed by atoms with Crippen LogP contribution in [0.15, 0.2) is 53.6 Å². The van der Waals surface area contributed by atoms with Gasteiger partial charge in [0.1, 0.15) is 0 Å². The van der Waals surface area contributed by atoms with Gasteiger partial charge in [-0.05, 0) is 49.6 Å². The second-order valence-corrected chi connectivity index (χ2v) is 6.35. The number of nitrogens with one attached hydrogen (secondary N) is 3. The summed E-state index contributed by atoms with van der Waals surface area (Å²) in [6.07, 6.45) is 0.799. The zero-order chi connectivity index (χ0) is 20.5. The van der Waals surface area contributed by atoms with Gasteiger partial charge in [-0.1, -0.05) is 37.3 Å². The third-order valence-electron chi connectivity index (χ3n) is 3.92. The van der Waals surface area contributed by atoms with Crippen LogP contribution in [0.4, 0.5) is 11.4 Å². The van der Waals surface area contributed by atoms with E-state index in [1.54, 1.807) is 25.1 Å². The number of benzene rings is 2. The molecular weight excluding hydrogens is 356 g/mol. The van der Waals surface area contributed by atoms with Crippen LogP contribution in [-0.2, 0) is 20.8 Å². The number of hydrazone groups is 1. The Morgan fingerprint density at radius 2 is 1.71 bits per heavy atom. The normalized spacial score (nSPS) is 10.9. The van der Waals surface area contributed by atoms with E-state index in [4.69, 9.17) is 0 Å². The minimum atomic E-state index is -0.905. The number of aryl methyl sites for hydroxylation is 2. The summed E-state index contributed by atoms with van der Waals surface area (Å²) in [5.74, 6) is -1.98. The lowest BCUT2D eigenvalue weighted by atomic mass is 10.1. The van der Waals surface area contributed by atoms with Gasteiger partial charge in [0, 0.05) is 17.1 Å². The molecular formula is C21H24N4O3. The highest BCUT2D eigenvalue weighted by molar-refractivity contribution is 6.39. The zero-order valence-corrected chi connectivity index (χ0v) is 16.2. The van der Waals surface area contributed by atoms with Gasteiger partial charge in [-0.25, -0.2) is 5.43 Å². The number of anilines is 2. The first-order chi connectivity index (χ1) is 13.4. The maximum Gasteiger partial charge on any atom is 0.329 e. The molecule has 0 aliphatic rings. The first-order valence-corrected chi connectivity index (χ1v) is 8.98. The largest absolute Gasteiger partial charge is 0.329 e. The maximum absolute atomic E-state index is 12.2. The van der Waals surface area contributed by atoms with Crippen LogP contribution in [0.25, 0.3) is 0 Å². The van der Waals surface area contributed by atoms with Crippen molar-refractivity contribution in [3.63, 3.8) is 0 Å². The average Bonchev–Trinajstić information content (AvgIpc) is 2.66. The van der Waals surface area contributed by atoms with Gasteiger partial charge in [-0.2, -0.15) is 5.10 Å². The van der Waals surface area contributed by atoms with E-state index in [0.717, 1.165) is 23.2 Å². The number of hydrogen-bond donors (Lipinski definition) is 3. The van der Waals surface area contributed by atoms with Crippen molar-refractivity contribution in [2.24, 2.45) is 5.10 Å². The molecule has 0 saturated carbocycles. The summed E-state index contributed by atoms with van der Waals surface area (Å²) < 4.78 is 0. The molecule has 146 valence electrons. The molecule has 0 radical (unpaired) electrons. The molecule has 3 amide bonds. The molecule has 2 rings (SSSR count). The van der Waals surface area contributed by atoms with Gasteiger partial charge >= 0.3 is 11.8 Å². The van der Waals surface area contributed by atoms with Crippen molar-refractivity contribution in [2.45, 2.75) is 33.6 Å². The van der Waals surface area contributed by atoms with Crippen LogP contribution >= 0.6 is 0 Å². The number of rotatable bonds is 6. The van der Waals surface area contributed by atoms with Crippen LogP contribution in [0.2, 0.25) is 0 Å². The second kappa shape index (κ2) is 10.0. The van der Waals surface area contributed by atoms with E-state index >= 15 is 0 Å². The summed E-state index contributed by atoms with van der Waals surface area (Å²) >= 11 is 0. The summed E-state index contributed by atoms with van der Waals surface area (Å²) in [6, 6.07) is 14.6. The third-order valence-corrected chi connectivity index (χ3v) is 3.92. The van der Waals surface area contributed by atoms with Gasteiger partial charge in [0.25, 0.3) is 0 Å². The van der Waals surface area contributed by atoms with Gasteiger partial charge in [-0.3, -0.25) is 14.4 Å². The SMILES string of the molecule is CCc1ccccc1NC(=O)CC(C)=NNC(=O)C(=O)Nc1cccc(C)c1. The number of hydrogen-bond acceptors (Lipinski definition) is 4. The van der Waals surface area contributed by atoms with E-state index in [1.807, 2.05) is 44.2 Å². The van der Waals surface area contributed by atoms with E-state index in [0.29, 0.717) is 11.4 Å². The molecule has 2 aromatic carbocycles. The van der Waals surface area contributed by atoms with Crippen molar-refractivity contribution < 1.29 is 14.4 Å². The van der Waals surface area contributed by atoms with Gasteiger partial charge in [0.05, 0.1) is 6.42 Å². The highest BCUT2D eigenvalue weighted by Crippen LogP contribution is 2.15. The topological polar surface area (TPSA) is 99.7 Å². The van der Waals surface area contributed by atoms with E-state index in [-0.39, 0.29) is 12.3 Å². The van der Waals surface area contributed by atoms with E-state index in [1.165, 1.54) is 0 Å². The summed E-state index contributed by atoms with van der Waals surface area (Å²) in [7, 11) is 0. The molecule has 0 aromatic heterocycles. The van der Waals surface area contributed by atoms with Crippen molar-refractivity contribution in [1.82, 2.24) is 5.43 Å². The summed E-state index contributed by atoms with van der Waals surface area (Å²) in [5, 5.41) is 9.15. The Hall–Kier alpha value is -3.48. The Kier molecular flexibility index (Phi) is 7.45. The minimum Gasteiger partial charge on any atom is -0.326 e. The first-order valence-electron chi connectivity index (χ1n) is 8.98. The Morgan fingerprint density at radius 3 is 2.43 bits per heavy atom. The highest BCUT2D eigenvalue weighted by Gasteiger charge is 2.14. The smallest absolute Gasteiger partial charge is 0.326 e. The van der Waals surface area contributed by atoms with Crippen LogP contribution in [-0.4, -0.2) is 23.4 Å². The van der Waals surface area contributed by atoms with Gasteiger partial charge in [-0.15, -0.1) is 0 Å². The van der Waals surface area contributed by atoms with Crippen LogP contribution in [0.5, 0.6) is 0 Å². The molecule has 3 N–H and O–H groups in total. The number of amides is 3. The Labute approximate surface area is 164 Å². The van der Waals surface area contributed by atoms with Gasteiger partial charge in [0.2, 0.25) is 5.91 Å². The Balaban J connectivity index is 1.86. The maximum atomic E-state index is 12.2. The lowest BCUT2D eigenvalue weighted by Gasteiger charge is -2.09. The predicted octanol–water partition coefficient (Wildman–Crippen LogP) is 3.02. The molecule has 0 bridgehead atoms. The zero-order valence-electron chi connectivity index (χ0n) is 16.2. The molecule has 0 aliphatic carbocycles. The second-order valence-electron chi connectivity index (χ2n) is 6.35. The molecule has 7 nitrogen and oxygen atoms in total. The van der Waals surface area contributed by atoms with Crippen molar-refractivity contribution in [1.29, 1.82) is 0 Å². The molecule has 2 aromatic rings. The number of carbonyl (C=O) groups is 3. The summed E-state index contributed by atoms with van der Waals surface area (Å²) in [6.45, 7) is 5.49. The molecule has 0 spiro atoms. The van der Waals surface area contributed by atoms with Crippen LogP contribution in [0.1, 0.15) is 31.4 Å². The Morgan fingerprint density at radius 1 is 0.964 bits per heavy atom. The number of para-hydroxylation sites is 1. The monoisotopic (exact) mass is 380 g/mol. The van der Waals surface area contributed by atoms with Crippen LogP contribution in [0, 0.1) is 6.92 Å². The lowest BCUT2D eigenvalue weighted by Crippen LogP contribution is -2.33. The molecule has 0 fully saturated rings. The summed E-state index contributed by atoms with van der Waals surface area (Å²) in [5.41, 5.74) is 5.82. The third kappa shape index (κ3) is 6.35. The fraction of sp³-hybridized carbons (Fsp3) is 0.238. The van der Waals surface area contributed by atoms with Crippen molar-refractivity contribution in [3.8, 4) is 0 Å². The van der Waals surface area contributed by atoms with E-state index in [9.17, 15) is 14.4 Å². The summed E-state index contributed by atoms with van der Waals surface area (Å²) in [4.78, 5) is 35.9.